The predicted molar refractivity (Wildman–Crippen MR) is 76.7 cm³/mol. The quantitative estimate of drug-likeness (QED) is 0.694. The van der Waals surface area contributed by atoms with Crippen molar-refractivity contribution in [3.8, 4) is 5.75 Å². The Morgan fingerprint density at radius 3 is 2.86 bits per heavy atom. The number of hydrogen-bond donors (Lipinski definition) is 1. The third kappa shape index (κ3) is 2.52. The van der Waals surface area contributed by atoms with Crippen LogP contribution in [-0.4, -0.2) is 33.9 Å². The van der Waals surface area contributed by atoms with Crippen LogP contribution in [0.25, 0.3) is 0 Å². The van der Waals surface area contributed by atoms with Gasteiger partial charge >= 0.3 is 5.69 Å². The van der Waals surface area contributed by atoms with Crippen LogP contribution < -0.4 is 0 Å². The van der Waals surface area contributed by atoms with E-state index in [9.17, 15) is 20.0 Å². The Bertz CT molecular complexity index is 711. The second kappa shape index (κ2) is 5.51. The summed E-state index contributed by atoms with van der Waals surface area (Å²) in [6.07, 6.45) is 2.41. The van der Waals surface area contributed by atoms with Crippen LogP contribution in [0.1, 0.15) is 28.5 Å². The fraction of sp³-hybridized carbons (Fsp3) is 0.267. The van der Waals surface area contributed by atoms with Gasteiger partial charge in [0.2, 0.25) is 0 Å². The highest BCUT2D eigenvalue weighted by Crippen LogP contribution is 2.30. The van der Waals surface area contributed by atoms with Crippen molar-refractivity contribution < 1.29 is 19.2 Å². The van der Waals surface area contributed by atoms with E-state index < -0.39 is 16.4 Å². The number of carbonyl (C=O) groups excluding carboxylic acids is 1. The monoisotopic (exact) mass is 302 g/mol. The first-order valence-electron chi connectivity index (χ1n) is 6.86. The molecule has 114 valence electrons. The highest BCUT2D eigenvalue weighted by Gasteiger charge is 2.30. The number of furan rings is 1. The van der Waals surface area contributed by atoms with Gasteiger partial charge in [-0.05, 0) is 30.7 Å². The van der Waals surface area contributed by atoms with Gasteiger partial charge in [-0.15, -0.1) is 0 Å². The molecule has 2 heterocycles. The van der Waals surface area contributed by atoms with Crippen molar-refractivity contribution in [3.05, 3.63) is 58.0 Å². The van der Waals surface area contributed by atoms with Crippen LogP contribution in [0, 0.1) is 10.1 Å². The highest BCUT2D eigenvalue weighted by molar-refractivity contribution is 5.95. The molecule has 0 spiro atoms. The predicted octanol–water partition coefficient (Wildman–Crippen LogP) is 2.52. The minimum Gasteiger partial charge on any atom is -0.502 e. The Balaban J connectivity index is 1.75. The zero-order valence-corrected chi connectivity index (χ0v) is 11.6. The molecule has 1 aromatic heterocycles. The van der Waals surface area contributed by atoms with E-state index in [2.05, 4.69) is 0 Å². The number of phenolic OH excluding ortho intramolecular Hbond substituents is 1. The molecule has 1 fully saturated rings. The molecule has 1 amide bonds. The second-order valence-electron chi connectivity index (χ2n) is 5.21. The van der Waals surface area contributed by atoms with Crippen molar-refractivity contribution in [2.75, 3.05) is 13.1 Å². The summed E-state index contributed by atoms with van der Waals surface area (Å²) in [5.41, 5.74) is -0.172. The number of hydrogen-bond acceptors (Lipinski definition) is 5. The van der Waals surface area contributed by atoms with Crippen LogP contribution in [0.15, 0.2) is 41.0 Å². The van der Waals surface area contributed by atoms with Crippen LogP contribution in [0.4, 0.5) is 5.69 Å². The number of phenols is 1. The lowest BCUT2D eigenvalue weighted by molar-refractivity contribution is -0.385. The average molecular weight is 302 g/mol. The fourth-order valence-corrected chi connectivity index (χ4v) is 2.69. The first-order chi connectivity index (χ1) is 10.6. The minimum atomic E-state index is -0.688. The highest BCUT2D eigenvalue weighted by atomic mass is 16.6. The van der Waals surface area contributed by atoms with Gasteiger partial charge < -0.3 is 14.4 Å². The normalized spacial score (nSPS) is 17.6. The van der Waals surface area contributed by atoms with Gasteiger partial charge in [0.05, 0.1) is 11.2 Å². The molecule has 1 aliphatic heterocycles. The van der Waals surface area contributed by atoms with Crippen molar-refractivity contribution in [1.29, 1.82) is 0 Å². The van der Waals surface area contributed by atoms with Gasteiger partial charge in [-0.25, -0.2) is 0 Å². The smallest absolute Gasteiger partial charge is 0.310 e. The maximum absolute atomic E-state index is 12.4. The molecule has 2 aromatic rings. The molecule has 7 nitrogen and oxygen atoms in total. The van der Waals surface area contributed by atoms with E-state index in [0.717, 1.165) is 24.3 Å². The van der Waals surface area contributed by atoms with Gasteiger partial charge in [0, 0.05) is 30.6 Å². The summed E-state index contributed by atoms with van der Waals surface area (Å²) in [7, 11) is 0. The fourth-order valence-electron chi connectivity index (χ4n) is 2.69. The molecule has 0 saturated carbocycles. The topological polar surface area (TPSA) is 96.8 Å². The van der Waals surface area contributed by atoms with Crippen molar-refractivity contribution in [1.82, 2.24) is 4.90 Å². The molecule has 1 atom stereocenters. The first kappa shape index (κ1) is 14.1. The van der Waals surface area contributed by atoms with Crippen molar-refractivity contribution >= 4 is 11.6 Å². The average Bonchev–Trinajstić information content (AvgIpc) is 3.16. The van der Waals surface area contributed by atoms with E-state index in [4.69, 9.17) is 4.42 Å². The molecule has 1 aliphatic rings. The van der Waals surface area contributed by atoms with Crippen molar-refractivity contribution in [3.63, 3.8) is 0 Å². The van der Waals surface area contributed by atoms with E-state index in [-0.39, 0.29) is 17.4 Å². The zero-order chi connectivity index (χ0) is 15.7. The van der Waals surface area contributed by atoms with Gasteiger partial charge in [0.1, 0.15) is 5.76 Å². The number of nitro benzene ring substituents is 1. The number of nitrogens with zero attached hydrogens (tertiary/aromatic N) is 2. The standard InChI is InChI=1S/C15H14N2O5/c18-13-8-10(3-4-12(13)17(20)21)15(19)16-6-5-11(9-16)14-2-1-7-22-14/h1-4,7-8,11,18H,5-6,9H2/t11-/m0/s1. The van der Waals surface area contributed by atoms with Gasteiger partial charge in [-0.1, -0.05) is 0 Å². The summed E-state index contributed by atoms with van der Waals surface area (Å²) in [6.45, 7) is 1.12. The summed E-state index contributed by atoms with van der Waals surface area (Å²) >= 11 is 0. The summed E-state index contributed by atoms with van der Waals surface area (Å²) in [6, 6.07) is 7.34. The Morgan fingerprint density at radius 2 is 2.23 bits per heavy atom. The van der Waals surface area contributed by atoms with Crippen LogP contribution in [0.2, 0.25) is 0 Å². The number of rotatable bonds is 3. The summed E-state index contributed by atoms with van der Waals surface area (Å²) in [5, 5.41) is 20.3. The molecule has 0 aliphatic carbocycles. The Hall–Kier alpha value is -2.83. The lowest BCUT2D eigenvalue weighted by Gasteiger charge is -2.16. The number of aromatic hydroxyl groups is 1. The Morgan fingerprint density at radius 1 is 1.41 bits per heavy atom. The van der Waals surface area contributed by atoms with E-state index in [1.165, 1.54) is 6.07 Å². The van der Waals surface area contributed by atoms with Crippen LogP contribution in [-0.2, 0) is 0 Å². The maximum atomic E-state index is 12.4. The van der Waals surface area contributed by atoms with E-state index in [0.29, 0.717) is 13.1 Å². The number of carbonyl (C=O) groups is 1. The Labute approximate surface area is 125 Å². The number of benzene rings is 1. The molecule has 0 unspecified atom stereocenters. The van der Waals surface area contributed by atoms with Gasteiger partial charge in [0.15, 0.2) is 5.75 Å². The van der Waals surface area contributed by atoms with E-state index in [1.54, 1.807) is 11.2 Å². The second-order valence-corrected chi connectivity index (χ2v) is 5.21. The van der Waals surface area contributed by atoms with Crippen molar-refractivity contribution in [2.24, 2.45) is 0 Å². The minimum absolute atomic E-state index is 0.158. The van der Waals surface area contributed by atoms with Crippen molar-refractivity contribution in [2.45, 2.75) is 12.3 Å². The molecule has 0 radical (unpaired) electrons. The van der Waals surface area contributed by atoms with E-state index >= 15 is 0 Å². The first-order valence-corrected chi connectivity index (χ1v) is 6.86. The maximum Gasteiger partial charge on any atom is 0.310 e. The molecule has 7 heteroatoms. The SMILES string of the molecule is O=C(c1ccc([N+](=O)[O-])c(O)c1)N1CC[C@H](c2ccco2)C1. The summed E-state index contributed by atoms with van der Waals surface area (Å²) < 4.78 is 5.36. The third-order valence-electron chi connectivity index (χ3n) is 3.84. The summed E-state index contributed by atoms with van der Waals surface area (Å²) in [5.74, 6) is 0.254. The largest absolute Gasteiger partial charge is 0.502 e. The summed E-state index contributed by atoms with van der Waals surface area (Å²) in [4.78, 5) is 24.1. The van der Waals surface area contributed by atoms with Crippen LogP contribution in [0.3, 0.4) is 0 Å². The lowest BCUT2D eigenvalue weighted by Crippen LogP contribution is -2.28. The van der Waals surface area contributed by atoms with Gasteiger partial charge in [0.25, 0.3) is 5.91 Å². The Kier molecular flexibility index (Phi) is 3.54. The molecular formula is C15H14N2O5. The molecule has 3 rings (SSSR count). The third-order valence-corrected chi connectivity index (χ3v) is 3.84. The van der Waals surface area contributed by atoms with Gasteiger partial charge in [-0.2, -0.15) is 0 Å². The molecule has 1 aromatic carbocycles. The van der Waals surface area contributed by atoms with E-state index in [1.807, 2.05) is 12.1 Å². The lowest BCUT2D eigenvalue weighted by atomic mass is 10.1. The molecule has 0 bridgehead atoms. The molecule has 22 heavy (non-hydrogen) atoms. The molecule has 1 N–H and O–H groups in total. The van der Waals surface area contributed by atoms with Crippen LogP contribution >= 0.6 is 0 Å². The van der Waals surface area contributed by atoms with Crippen LogP contribution in [0.5, 0.6) is 5.75 Å². The number of likely N-dealkylation sites (tertiary alicyclic amines) is 1. The molecular weight excluding hydrogens is 288 g/mol. The number of nitro groups is 1. The molecule has 1 saturated heterocycles. The van der Waals surface area contributed by atoms with Gasteiger partial charge in [-0.3, -0.25) is 14.9 Å². The zero-order valence-electron chi connectivity index (χ0n) is 11.6. The number of amides is 1.